The van der Waals surface area contributed by atoms with E-state index in [-0.39, 0.29) is 5.54 Å². The summed E-state index contributed by atoms with van der Waals surface area (Å²) < 4.78 is 0. The highest BCUT2D eigenvalue weighted by molar-refractivity contribution is 6.30. The Balaban J connectivity index is 2.17. The van der Waals surface area contributed by atoms with E-state index in [4.69, 9.17) is 11.6 Å². The number of nitrogens with one attached hydrogen (secondary N) is 1. The van der Waals surface area contributed by atoms with E-state index < -0.39 is 0 Å². The predicted octanol–water partition coefficient (Wildman–Crippen LogP) is 3.23. The molecule has 1 N–H and O–H groups in total. The van der Waals surface area contributed by atoms with Crippen LogP contribution in [0.1, 0.15) is 25.8 Å². The molecule has 0 bridgehead atoms. The van der Waals surface area contributed by atoms with E-state index in [9.17, 15) is 0 Å². The van der Waals surface area contributed by atoms with E-state index in [0.717, 1.165) is 31.1 Å². The molecule has 1 aliphatic heterocycles. The summed E-state index contributed by atoms with van der Waals surface area (Å²) in [6.07, 6.45) is 1.16. The average Bonchev–Trinajstić information content (AvgIpc) is 2.40. The molecule has 1 aromatic carbocycles. The number of halogens is 1. The standard InChI is InChI=1S/C14H21ClN2/c1-11-10-12(15)4-5-13(11)17-8-6-14(2,3)16-7-9-17/h4-5,10,16H,6-9H2,1-3H3. The normalized spacial score (nSPS) is 20.1. The highest BCUT2D eigenvalue weighted by Crippen LogP contribution is 2.25. The van der Waals surface area contributed by atoms with Crippen LogP contribution in [0.2, 0.25) is 5.02 Å². The fraction of sp³-hybridized carbons (Fsp3) is 0.571. The Hall–Kier alpha value is -0.730. The molecular weight excluding hydrogens is 232 g/mol. The van der Waals surface area contributed by atoms with Gasteiger partial charge in [0.05, 0.1) is 0 Å². The van der Waals surface area contributed by atoms with Crippen LogP contribution in [0.5, 0.6) is 0 Å². The quantitative estimate of drug-likeness (QED) is 0.826. The molecule has 3 heteroatoms. The number of nitrogens with zero attached hydrogens (tertiary/aromatic N) is 1. The first-order valence-electron chi connectivity index (χ1n) is 6.24. The molecule has 2 rings (SSSR count). The minimum absolute atomic E-state index is 0.245. The monoisotopic (exact) mass is 252 g/mol. The van der Waals surface area contributed by atoms with Crippen LogP contribution in [-0.4, -0.2) is 25.2 Å². The van der Waals surface area contributed by atoms with Gasteiger partial charge in [-0.3, -0.25) is 0 Å². The Morgan fingerprint density at radius 2 is 2.06 bits per heavy atom. The number of benzene rings is 1. The molecular formula is C14H21ClN2. The van der Waals surface area contributed by atoms with Gasteiger partial charge >= 0.3 is 0 Å². The smallest absolute Gasteiger partial charge is 0.0410 e. The van der Waals surface area contributed by atoms with E-state index in [0.29, 0.717) is 0 Å². The molecule has 0 atom stereocenters. The number of anilines is 1. The fourth-order valence-corrected chi connectivity index (χ4v) is 2.59. The second-order valence-electron chi connectivity index (χ2n) is 5.48. The summed E-state index contributed by atoms with van der Waals surface area (Å²) in [7, 11) is 0. The van der Waals surface area contributed by atoms with Gasteiger partial charge in [-0.25, -0.2) is 0 Å². The third kappa shape index (κ3) is 3.14. The van der Waals surface area contributed by atoms with Gasteiger partial charge in [-0.15, -0.1) is 0 Å². The second kappa shape index (κ2) is 4.87. The SMILES string of the molecule is Cc1cc(Cl)ccc1N1CCNC(C)(C)CC1. The van der Waals surface area contributed by atoms with E-state index in [2.05, 4.69) is 37.1 Å². The van der Waals surface area contributed by atoms with Crippen molar-refractivity contribution >= 4 is 17.3 Å². The highest BCUT2D eigenvalue weighted by atomic mass is 35.5. The van der Waals surface area contributed by atoms with Gasteiger partial charge in [0, 0.05) is 35.9 Å². The number of rotatable bonds is 1. The van der Waals surface area contributed by atoms with Gasteiger partial charge in [0.15, 0.2) is 0 Å². The van der Waals surface area contributed by atoms with Crippen molar-refractivity contribution in [3.63, 3.8) is 0 Å². The minimum Gasteiger partial charge on any atom is -0.370 e. The Morgan fingerprint density at radius 3 is 2.76 bits per heavy atom. The Bertz CT molecular complexity index is 401. The molecule has 0 radical (unpaired) electrons. The van der Waals surface area contributed by atoms with Crippen LogP contribution in [0.3, 0.4) is 0 Å². The van der Waals surface area contributed by atoms with Gasteiger partial charge < -0.3 is 10.2 Å². The van der Waals surface area contributed by atoms with Gasteiger partial charge in [0.25, 0.3) is 0 Å². The third-order valence-electron chi connectivity index (χ3n) is 3.49. The largest absolute Gasteiger partial charge is 0.370 e. The number of hydrogen-bond acceptors (Lipinski definition) is 2. The van der Waals surface area contributed by atoms with E-state index in [1.54, 1.807) is 0 Å². The molecule has 1 aliphatic rings. The maximum absolute atomic E-state index is 6.00. The lowest BCUT2D eigenvalue weighted by molar-refractivity contribution is 0.394. The molecule has 1 fully saturated rings. The Labute approximate surface area is 109 Å². The lowest BCUT2D eigenvalue weighted by atomic mass is 10.0. The fourth-order valence-electron chi connectivity index (χ4n) is 2.36. The van der Waals surface area contributed by atoms with Gasteiger partial charge in [-0.05, 0) is 51.0 Å². The Morgan fingerprint density at radius 1 is 1.29 bits per heavy atom. The summed E-state index contributed by atoms with van der Waals surface area (Å²) in [5.74, 6) is 0. The van der Waals surface area contributed by atoms with Crippen LogP contribution in [0.15, 0.2) is 18.2 Å². The molecule has 1 aromatic rings. The first-order chi connectivity index (χ1) is 7.98. The number of aryl methyl sites for hydroxylation is 1. The second-order valence-corrected chi connectivity index (χ2v) is 5.91. The van der Waals surface area contributed by atoms with Crippen molar-refractivity contribution in [1.29, 1.82) is 0 Å². The first-order valence-corrected chi connectivity index (χ1v) is 6.62. The lowest BCUT2D eigenvalue weighted by Crippen LogP contribution is -2.39. The number of hydrogen-bond donors (Lipinski definition) is 1. The molecule has 2 nitrogen and oxygen atoms in total. The molecule has 0 aromatic heterocycles. The Kier molecular flexibility index (Phi) is 3.64. The van der Waals surface area contributed by atoms with Crippen molar-refractivity contribution in [2.45, 2.75) is 32.7 Å². The predicted molar refractivity (Wildman–Crippen MR) is 75.1 cm³/mol. The van der Waals surface area contributed by atoms with Crippen molar-refractivity contribution in [1.82, 2.24) is 5.32 Å². The van der Waals surface area contributed by atoms with Gasteiger partial charge in [-0.1, -0.05) is 11.6 Å². The van der Waals surface area contributed by atoms with Crippen LogP contribution in [0, 0.1) is 6.92 Å². The molecule has 1 saturated heterocycles. The van der Waals surface area contributed by atoms with Crippen molar-refractivity contribution in [3.8, 4) is 0 Å². The zero-order valence-electron chi connectivity index (χ0n) is 10.9. The van der Waals surface area contributed by atoms with Crippen LogP contribution in [0.4, 0.5) is 5.69 Å². The van der Waals surface area contributed by atoms with Gasteiger partial charge in [0.2, 0.25) is 0 Å². The zero-order chi connectivity index (χ0) is 12.5. The molecule has 17 heavy (non-hydrogen) atoms. The van der Waals surface area contributed by atoms with Crippen molar-refractivity contribution in [3.05, 3.63) is 28.8 Å². The third-order valence-corrected chi connectivity index (χ3v) is 3.73. The van der Waals surface area contributed by atoms with Crippen molar-refractivity contribution < 1.29 is 0 Å². The van der Waals surface area contributed by atoms with E-state index in [1.807, 2.05) is 12.1 Å². The summed E-state index contributed by atoms with van der Waals surface area (Å²) in [5, 5.41) is 4.40. The van der Waals surface area contributed by atoms with Crippen LogP contribution in [0.25, 0.3) is 0 Å². The maximum atomic E-state index is 6.00. The van der Waals surface area contributed by atoms with Crippen molar-refractivity contribution in [2.24, 2.45) is 0 Å². The minimum atomic E-state index is 0.245. The highest BCUT2D eigenvalue weighted by Gasteiger charge is 2.22. The van der Waals surface area contributed by atoms with Gasteiger partial charge in [-0.2, -0.15) is 0 Å². The molecule has 94 valence electrons. The first kappa shape index (κ1) is 12.7. The average molecular weight is 253 g/mol. The molecule has 0 saturated carbocycles. The zero-order valence-corrected chi connectivity index (χ0v) is 11.6. The summed E-state index contributed by atoms with van der Waals surface area (Å²) in [6.45, 7) is 9.87. The van der Waals surface area contributed by atoms with E-state index >= 15 is 0 Å². The molecule has 0 spiro atoms. The molecule has 0 amide bonds. The van der Waals surface area contributed by atoms with Crippen molar-refractivity contribution in [2.75, 3.05) is 24.5 Å². The topological polar surface area (TPSA) is 15.3 Å². The molecule has 0 aliphatic carbocycles. The summed E-state index contributed by atoms with van der Waals surface area (Å²) in [6, 6.07) is 6.16. The molecule has 0 unspecified atom stereocenters. The molecule has 1 heterocycles. The summed E-state index contributed by atoms with van der Waals surface area (Å²) in [4.78, 5) is 2.45. The summed E-state index contributed by atoms with van der Waals surface area (Å²) in [5.41, 5.74) is 2.82. The summed E-state index contributed by atoms with van der Waals surface area (Å²) >= 11 is 6.00. The van der Waals surface area contributed by atoms with Crippen LogP contribution in [-0.2, 0) is 0 Å². The van der Waals surface area contributed by atoms with E-state index in [1.165, 1.54) is 11.3 Å². The van der Waals surface area contributed by atoms with Gasteiger partial charge in [0.1, 0.15) is 0 Å². The lowest BCUT2D eigenvalue weighted by Gasteiger charge is -2.26. The maximum Gasteiger partial charge on any atom is 0.0410 e. The van der Waals surface area contributed by atoms with Crippen LogP contribution < -0.4 is 10.2 Å². The van der Waals surface area contributed by atoms with Crippen LogP contribution >= 0.6 is 11.6 Å².